The average molecular weight is 497 g/mol. The highest BCUT2D eigenvalue weighted by molar-refractivity contribution is 6.31. The molecule has 1 saturated heterocycles. The Morgan fingerprint density at radius 3 is 2.74 bits per heavy atom. The summed E-state index contributed by atoms with van der Waals surface area (Å²) < 4.78 is 34.6. The molecule has 35 heavy (non-hydrogen) atoms. The van der Waals surface area contributed by atoms with Crippen molar-refractivity contribution in [2.75, 3.05) is 6.54 Å². The third kappa shape index (κ3) is 4.59. The lowest BCUT2D eigenvalue weighted by Gasteiger charge is -2.40. The van der Waals surface area contributed by atoms with E-state index in [1.54, 1.807) is 54.7 Å². The van der Waals surface area contributed by atoms with Crippen LogP contribution >= 0.6 is 11.6 Å². The number of benzene rings is 2. The minimum Gasteiger partial charge on any atom is -0.472 e. The summed E-state index contributed by atoms with van der Waals surface area (Å²) in [4.78, 5) is 13.5. The van der Waals surface area contributed by atoms with Crippen LogP contribution in [0.5, 0.6) is 0 Å². The monoisotopic (exact) mass is 496 g/mol. The van der Waals surface area contributed by atoms with Crippen LogP contribution in [-0.2, 0) is 7.05 Å². The van der Waals surface area contributed by atoms with E-state index in [1.165, 1.54) is 6.07 Å². The van der Waals surface area contributed by atoms with E-state index in [0.29, 0.717) is 34.8 Å². The summed E-state index contributed by atoms with van der Waals surface area (Å²) in [6, 6.07) is 12.0. The Morgan fingerprint density at radius 1 is 1.17 bits per heavy atom. The van der Waals surface area contributed by atoms with Crippen molar-refractivity contribution in [3.63, 3.8) is 0 Å². The SMILES string of the molecule is Cn1ncc(Cl)c1C1NCC[C@@H](c2ccc(F)c(F)c2)[C@@H]1NC(=O)c1cccc(-c2ccoc2)c1. The molecule has 3 heterocycles. The van der Waals surface area contributed by atoms with E-state index in [2.05, 4.69) is 15.7 Å². The highest BCUT2D eigenvalue weighted by Gasteiger charge is 2.39. The molecule has 2 aromatic carbocycles. The number of rotatable bonds is 5. The van der Waals surface area contributed by atoms with Gasteiger partial charge in [0.05, 0.1) is 41.5 Å². The number of amides is 1. The van der Waals surface area contributed by atoms with Gasteiger partial charge in [-0.15, -0.1) is 0 Å². The summed E-state index contributed by atoms with van der Waals surface area (Å²) in [6.45, 7) is 0.595. The van der Waals surface area contributed by atoms with Crippen LogP contribution in [0.4, 0.5) is 8.78 Å². The lowest BCUT2D eigenvalue weighted by molar-refractivity contribution is 0.0906. The van der Waals surface area contributed by atoms with E-state index in [1.807, 2.05) is 12.1 Å². The van der Waals surface area contributed by atoms with Crippen LogP contribution in [-0.4, -0.2) is 28.3 Å². The first-order valence-electron chi connectivity index (χ1n) is 11.2. The number of aryl methyl sites for hydroxylation is 1. The number of carbonyl (C=O) groups excluding carboxylic acids is 1. The molecule has 0 aliphatic carbocycles. The number of furan rings is 1. The van der Waals surface area contributed by atoms with E-state index < -0.39 is 23.7 Å². The fourth-order valence-corrected chi connectivity index (χ4v) is 5.06. The first-order chi connectivity index (χ1) is 16.9. The van der Waals surface area contributed by atoms with Crippen molar-refractivity contribution in [1.82, 2.24) is 20.4 Å². The molecule has 0 radical (unpaired) electrons. The number of halogens is 3. The number of hydrogen-bond acceptors (Lipinski definition) is 4. The largest absolute Gasteiger partial charge is 0.472 e. The molecule has 0 saturated carbocycles. The number of hydrogen-bond donors (Lipinski definition) is 2. The second kappa shape index (κ2) is 9.64. The summed E-state index contributed by atoms with van der Waals surface area (Å²) in [5.74, 6) is -2.41. The molecule has 0 bridgehead atoms. The van der Waals surface area contributed by atoms with E-state index in [-0.39, 0.29) is 11.8 Å². The van der Waals surface area contributed by atoms with Gasteiger partial charge in [-0.25, -0.2) is 8.78 Å². The second-order valence-corrected chi connectivity index (χ2v) is 9.00. The maximum Gasteiger partial charge on any atom is 0.251 e. The zero-order valence-corrected chi connectivity index (χ0v) is 19.6. The number of nitrogens with one attached hydrogen (secondary N) is 2. The second-order valence-electron chi connectivity index (χ2n) is 8.59. The average Bonchev–Trinajstić information content (AvgIpc) is 3.51. The van der Waals surface area contributed by atoms with Gasteiger partial charge in [-0.05, 0) is 54.4 Å². The Kier molecular flexibility index (Phi) is 6.40. The fraction of sp³-hybridized carbons (Fsp3) is 0.231. The zero-order chi connectivity index (χ0) is 24.5. The van der Waals surface area contributed by atoms with Gasteiger partial charge in [0.25, 0.3) is 5.91 Å². The Hall–Kier alpha value is -3.49. The molecule has 1 amide bonds. The van der Waals surface area contributed by atoms with Gasteiger partial charge in [0, 0.05) is 24.1 Å². The van der Waals surface area contributed by atoms with Crippen LogP contribution in [0, 0.1) is 11.6 Å². The molecule has 1 aliphatic rings. The van der Waals surface area contributed by atoms with Gasteiger partial charge in [0.15, 0.2) is 11.6 Å². The summed E-state index contributed by atoms with van der Waals surface area (Å²) >= 11 is 6.46. The van der Waals surface area contributed by atoms with Gasteiger partial charge in [-0.1, -0.05) is 29.8 Å². The van der Waals surface area contributed by atoms with Crippen molar-refractivity contribution in [2.24, 2.45) is 7.05 Å². The first kappa shape index (κ1) is 23.3. The summed E-state index contributed by atoms with van der Waals surface area (Å²) in [5, 5.41) is 11.3. The summed E-state index contributed by atoms with van der Waals surface area (Å²) in [5.41, 5.74) is 3.48. The third-order valence-electron chi connectivity index (χ3n) is 6.49. The first-order valence-corrected chi connectivity index (χ1v) is 11.6. The molecule has 5 rings (SSSR count). The van der Waals surface area contributed by atoms with E-state index in [4.69, 9.17) is 16.0 Å². The molecule has 0 spiro atoms. The van der Waals surface area contributed by atoms with E-state index >= 15 is 0 Å². The Morgan fingerprint density at radius 2 is 2.03 bits per heavy atom. The van der Waals surface area contributed by atoms with Crippen molar-refractivity contribution in [1.29, 1.82) is 0 Å². The standard InChI is InChI=1S/C26H23ClF2N4O2/c1-33-25(20(27)13-31-33)24-23(19(7-9-30-24)16-5-6-21(28)22(29)12-16)32-26(34)17-4-2-3-15(11-17)18-8-10-35-14-18/h2-6,8,10-14,19,23-24,30H,7,9H2,1H3,(H,32,34)/t19-,23-,24?/m0/s1. The summed E-state index contributed by atoms with van der Waals surface area (Å²) in [6.07, 6.45) is 5.34. The van der Waals surface area contributed by atoms with Gasteiger partial charge in [-0.3, -0.25) is 9.48 Å². The Bertz CT molecular complexity index is 1340. The number of piperidine rings is 1. The van der Waals surface area contributed by atoms with Gasteiger partial charge in [0.1, 0.15) is 0 Å². The fourth-order valence-electron chi connectivity index (χ4n) is 4.77. The maximum atomic E-state index is 14.1. The molecule has 3 atom stereocenters. The van der Waals surface area contributed by atoms with Crippen LogP contribution < -0.4 is 10.6 Å². The quantitative estimate of drug-likeness (QED) is 0.397. The van der Waals surface area contributed by atoms with Crippen molar-refractivity contribution >= 4 is 17.5 Å². The van der Waals surface area contributed by atoms with E-state index in [9.17, 15) is 13.6 Å². The van der Waals surface area contributed by atoms with E-state index in [0.717, 1.165) is 17.2 Å². The van der Waals surface area contributed by atoms with Crippen LogP contribution in [0.3, 0.4) is 0 Å². The van der Waals surface area contributed by atoms with Crippen LogP contribution in [0.2, 0.25) is 5.02 Å². The molecule has 9 heteroatoms. The highest BCUT2D eigenvalue weighted by Crippen LogP contribution is 2.37. The lowest BCUT2D eigenvalue weighted by Crippen LogP contribution is -2.52. The minimum atomic E-state index is -0.922. The number of aromatic nitrogens is 2. The molecule has 180 valence electrons. The minimum absolute atomic E-state index is 0.289. The van der Waals surface area contributed by atoms with Gasteiger partial charge in [-0.2, -0.15) is 5.10 Å². The molecule has 1 aliphatic heterocycles. The van der Waals surface area contributed by atoms with Gasteiger partial charge < -0.3 is 15.1 Å². The molecule has 4 aromatic rings. The predicted molar refractivity (Wildman–Crippen MR) is 128 cm³/mol. The Labute approximate surface area is 205 Å². The molecule has 2 N–H and O–H groups in total. The van der Waals surface area contributed by atoms with Gasteiger partial charge in [0.2, 0.25) is 0 Å². The lowest BCUT2D eigenvalue weighted by atomic mass is 9.80. The van der Waals surface area contributed by atoms with Crippen LogP contribution in [0.15, 0.2) is 71.7 Å². The predicted octanol–water partition coefficient (Wildman–Crippen LogP) is 5.23. The van der Waals surface area contributed by atoms with Crippen molar-refractivity contribution in [2.45, 2.75) is 24.4 Å². The molecule has 1 unspecified atom stereocenters. The normalized spacial score (nSPS) is 20.1. The number of nitrogens with zero attached hydrogens (tertiary/aromatic N) is 2. The van der Waals surface area contributed by atoms with Crippen LogP contribution in [0.1, 0.15) is 40.0 Å². The van der Waals surface area contributed by atoms with Crippen LogP contribution in [0.25, 0.3) is 11.1 Å². The highest BCUT2D eigenvalue weighted by atomic mass is 35.5. The smallest absolute Gasteiger partial charge is 0.251 e. The zero-order valence-electron chi connectivity index (χ0n) is 18.8. The third-order valence-corrected chi connectivity index (χ3v) is 6.78. The molecular weight excluding hydrogens is 474 g/mol. The Balaban J connectivity index is 1.51. The molecule has 2 aromatic heterocycles. The summed E-state index contributed by atoms with van der Waals surface area (Å²) in [7, 11) is 1.78. The topological polar surface area (TPSA) is 72.1 Å². The van der Waals surface area contributed by atoms with Crippen molar-refractivity contribution in [3.05, 3.63) is 101 Å². The maximum absolute atomic E-state index is 14.1. The molecule has 6 nitrogen and oxygen atoms in total. The molecule has 1 fully saturated rings. The van der Waals surface area contributed by atoms with Gasteiger partial charge >= 0.3 is 0 Å². The molecular formula is C26H23ClF2N4O2. The van der Waals surface area contributed by atoms with Crippen molar-refractivity contribution < 1.29 is 18.0 Å². The number of carbonyl (C=O) groups is 1. The van der Waals surface area contributed by atoms with Crippen molar-refractivity contribution in [3.8, 4) is 11.1 Å².